The zero-order valence-corrected chi connectivity index (χ0v) is 23.3. The topological polar surface area (TPSA) is 106 Å². The average molecular weight is 540 g/mol. The Morgan fingerprint density at radius 3 is 2.21 bits per heavy atom. The van der Waals surface area contributed by atoms with Crippen LogP contribution < -0.4 is 21.8 Å². The van der Waals surface area contributed by atoms with Crippen LogP contribution in [0.25, 0.3) is 0 Å². The first-order valence-corrected chi connectivity index (χ1v) is 14.4. The van der Waals surface area contributed by atoms with Crippen LogP contribution in [0.2, 0.25) is 5.04 Å². The van der Waals surface area contributed by atoms with E-state index in [9.17, 15) is 14.0 Å². The Bertz CT molecular complexity index is 1310. The quantitative estimate of drug-likeness (QED) is 0.363. The number of carbonyl (C=O) groups is 1. The number of benzene rings is 2. The molecule has 3 atom stereocenters. The molecule has 1 fully saturated rings. The molecular weight excluding hydrogens is 505 g/mol. The van der Waals surface area contributed by atoms with E-state index >= 15 is 0 Å². The number of hydrogen-bond acceptors (Lipinski definition) is 7. The molecule has 0 radical (unpaired) electrons. The summed E-state index contributed by atoms with van der Waals surface area (Å²) in [7, 11) is -2.94. The van der Waals surface area contributed by atoms with Crippen molar-refractivity contribution in [2.45, 2.75) is 64.0 Å². The van der Waals surface area contributed by atoms with Crippen molar-refractivity contribution in [3.63, 3.8) is 0 Å². The molecule has 202 valence electrons. The van der Waals surface area contributed by atoms with Crippen LogP contribution in [0.1, 0.15) is 47.3 Å². The van der Waals surface area contributed by atoms with Gasteiger partial charge in [-0.3, -0.25) is 9.36 Å². The maximum absolute atomic E-state index is 14.2. The van der Waals surface area contributed by atoms with E-state index in [1.54, 1.807) is 6.92 Å². The number of anilines is 1. The van der Waals surface area contributed by atoms with Crippen LogP contribution in [0, 0.1) is 5.82 Å². The number of nitrogen functional groups attached to an aromatic ring is 1. The second-order valence-electron chi connectivity index (χ2n) is 10.8. The highest BCUT2D eigenvalue weighted by atomic mass is 28.4. The van der Waals surface area contributed by atoms with E-state index < -0.39 is 49.5 Å². The van der Waals surface area contributed by atoms with Gasteiger partial charge >= 0.3 is 11.7 Å². The predicted octanol–water partition coefficient (Wildman–Crippen LogP) is 3.15. The van der Waals surface area contributed by atoms with E-state index in [2.05, 4.69) is 50.0 Å². The Morgan fingerprint density at radius 1 is 1.16 bits per heavy atom. The smallest absolute Gasteiger partial charge is 0.351 e. The van der Waals surface area contributed by atoms with E-state index in [-0.39, 0.29) is 18.1 Å². The van der Waals surface area contributed by atoms with Crippen molar-refractivity contribution in [1.82, 2.24) is 9.55 Å². The molecule has 1 aromatic heterocycles. The van der Waals surface area contributed by atoms with Gasteiger partial charge in [-0.1, -0.05) is 81.4 Å². The maximum atomic E-state index is 14.2. The van der Waals surface area contributed by atoms with Crippen LogP contribution in [-0.4, -0.2) is 42.1 Å². The summed E-state index contributed by atoms with van der Waals surface area (Å²) in [5.41, 5.74) is 3.56. The normalized spacial score (nSPS) is 21.8. The van der Waals surface area contributed by atoms with Crippen LogP contribution in [0.5, 0.6) is 0 Å². The van der Waals surface area contributed by atoms with Gasteiger partial charge in [0.25, 0.3) is 8.32 Å². The third-order valence-electron chi connectivity index (χ3n) is 7.05. The lowest BCUT2D eigenvalue weighted by atomic mass is 10.0. The first-order valence-electron chi connectivity index (χ1n) is 12.5. The Labute approximate surface area is 222 Å². The van der Waals surface area contributed by atoms with Gasteiger partial charge in [0.05, 0.1) is 12.8 Å². The molecule has 2 N–H and O–H groups in total. The molecule has 1 aliphatic heterocycles. The lowest BCUT2D eigenvalue weighted by Gasteiger charge is -2.45. The molecule has 1 saturated heterocycles. The Kier molecular flexibility index (Phi) is 7.60. The van der Waals surface area contributed by atoms with E-state index in [0.717, 1.165) is 21.1 Å². The summed E-state index contributed by atoms with van der Waals surface area (Å²) in [5, 5.41) is 1.88. The minimum Gasteiger partial charge on any atom is -0.459 e. The number of aromatic nitrogens is 2. The van der Waals surface area contributed by atoms with E-state index in [1.807, 2.05) is 36.4 Å². The summed E-state index contributed by atoms with van der Waals surface area (Å²) < 4.78 is 34.3. The lowest BCUT2D eigenvalue weighted by molar-refractivity contribution is -0.161. The summed E-state index contributed by atoms with van der Waals surface area (Å²) in [6.07, 6.45) is -0.599. The Morgan fingerprint density at radius 2 is 1.71 bits per heavy atom. The number of hydrogen-bond donors (Lipinski definition) is 1. The van der Waals surface area contributed by atoms with Gasteiger partial charge in [-0.15, -0.1) is 0 Å². The van der Waals surface area contributed by atoms with Gasteiger partial charge in [0, 0.05) is 13.3 Å². The minimum atomic E-state index is -2.94. The van der Waals surface area contributed by atoms with Crippen molar-refractivity contribution in [2.75, 3.05) is 12.3 Å². The van der Waals surface area contributed by atoms with Crippen molar-refractivity contribution < 1.29 is 23.1 Å². The molecule has 8 nitrogen and oxygen atoms in total. The number of nitrogens with two attached hydrogens (primary N) is 1. The van der Waals surface area contributed by atoms with E-state index in [0.29, 0.717) is 0 Å². The standard InChI is InChI=1S/C28H34FN3O5Si/c1-19(33)36-23-16-24(32-17-22(29)25(30)31-26(32)34)37-28(23,5)18-35-38(27(2,3)4,20-12-8-6-9-13-20)21-14-10-7-11-15-21/h6-15,17,23-24H,16,18H2,1-5H3,(H2,30,31,34)/t23-,24+,28+/m0/s1. The second kappa shape index (κ2) is 10.4. The fourth-order valence-corrected chi connectivity index (χ4v) is 9.87. The number of rotatable bonds is 7. The number of carbonyl (C=O) groups excluding carboxylic acids is 1. The van der Waals surface area contributed by atoms with Crippen molar-refractivity contribution in [1.29, 1.82) is 0 Å². The molecule has 0 spiro atoms. The molecule has 38 heavy (non-hydrogen) atoms. The monoisotopic (exact) mass is 539 g/mol. The fraction of sp³-hybridized carbons (Fsp3) is 0.393. The van der Waals surface area contributed by atoms with Gasteiger partial charge in [0.15, 0.2) is 11.6 Å². The molecule has 0 amide bonds. The third kappa shape index (κ3) is 5.16. The molecule has 2 heterocycles. The van der Waals surface area contributed by atoms with Gasteiger partial charge in [-0.25, -0.2) is 9.18 Å². The van der Waals surface area contributed by atoms with Crippen LogP contribution >= 0.6 is 0 Å². The van der Waals surface area contributed by atoms with Crippen molar-refractivity contribution in [3.8, 4) is 0 Å². The van der Waals surface area contributed by atoms with Gasteiger partial charge in [-0.05, 0) is 22.3 Å². The molecule has 0 aliphatic carbocycles. The van der Waals surface area contributed by atoms with Crippen molar-refractivity contribution in [3.05, 3.63) is 83.2 Å². The molecule has 0 unspecified atom stereocenters. The Hall–Kier alpha value is -3.34. The molecule has 0 saturated carbocycles. The van der Waals surface area contributed by atoms with Gasteiger partial charge in [0.1, 0.15) is 17.9 Å². The van der Waals surface area contributed by atoms with E-state index in [4.69, 9.17) is 19.6 Å². The zero-order valence-electron chi connectivity index (χ0n) is 22.3. The van der Waals surface area contributed by atoms with Crippen LogP contribution in [0.3, 0.4) is 0 Å². The number of ether oxygens (including phenoxy) is 2. The highest BCUT2D eigenvalue weighted by molar-refractivity contribution is 6.99. The van der Waals surface area contributed by atoms with Crippen molar-refractivity contribution in [2.24, 2.45) is 0 Å². The molecule has 3 aromatic rings. The van der Waals surface area contributed by atoms with Gasteiger partial charge < -0.3 is 19.6 Å². The van der Waals surface area contributed by atoms with Crippen LogP contribution in [0.4, 0.5) is 10.2 Å². The first-order chi connectivity index (χ1) is 17.9. The van der Waals surface area contributed by atoms with Crippen LogP contribution in [-0.2, 0) is 18.7 Å². The fourth-order valence-electron chi connectivity index (χ4n) is 5.21. The molecule has 0 bridgehead atoms. The van der Waals surface area contributed by atoms with Crippen molar-refractivity contribution >= 4 is 30.5 Å². The zero-order chi connectivity index (χ0) is 27.7. The third-order valence-corrected chi connectivity index (χ3v) is 12.0. The molecule has 2 aromatic carbocycles. The number of halogens is 1. The summed E-state index contributed by atoms with van der Waals surface area (Å²) in [6.45, 7) is 9.63. The summed E-state index contributed by atoms with van der Waals surface area (Å²) in [6, 6.07) is 20.2. The molecular formula is C28H34FN3O5Si. The number of esters is 1. The summed E-state index contributed by atoms with van der Waals surface area (Å²) in [5.74, 6) is -1.82. The van der Waals surface area contributed by atoms with Gasteiger partial charge in [0.2, 0.25) is 0 Å². The van der Waals surface area contributed by atoms with E-state index in [1.165, 1.54) is 6.92 Å². The predicted molar refractivity (Wildman–Crippen MR) is 145 cm³/mol. The highest BCUT2D eigenvalue weighted by Crippen LogP contribution is 2.42. The first kappa shape index (κ1) is 27.7. The number of nitrogens with zero attached hydrogens (tertiary/aromatic N) is 2. The Balaban J connectivity index is 1.76. The largest absolute Gasteiger partial charge is 0.459 e. The van der Waals surface area contributed by atoms with Gasteiger partial charge in [-0.2, -0.15) is 4.98 Å². The molecule has 4 rings (SSSR count). The summed E-state index contributed by atoms with van der Waals surface area (Å²) >= 11 is 0. The average Bonchev–Trinajstić information content (AvgIpc) is 3.17. The molecule has 10 heteroatoms. The maximum Gasteiger partial charge on any atom is 0.351 e. The second-order valence-corrected chi connectivity index (χ2v) is 15.1. The lowest BCUT2D eigenvalue weighted by Crippen LogP contribution is -2.68. The minimum absolute atomic E-state index is 0.0639. The summed E-state index contributed by atoms with van der Waals surface area (Å²) in [4.78, 5) is 28.1. The van der Waals surface area contributed by atoms with Crippen LogP contribution in [0.15, 0.2) is 71.7 Å². The highest BCUT2D eigenvalue weighted by Gasteiger charge is 2.54. The SMILES string of the molecule is CC(=O)O[C@H]1C[C@H](n2cc(F)c(N)nc2=O)O[C@]1(C)CO[Si](c1ccccc1)(c1ccccc1)C(C)(C)C. The molecule has 1 aliphatic rings.